The summed E-state index contributed by atoms with van der Waals surface area (Å²) >= 11 is 1.81. The number of nitrogens with two attached hydrogens (primary N) is 1. The summed E-state index contributed by atoms with van der Waals surface area (Å²) in [6.45, 7) is 4.61. The molecule has 1 amide bonds. The molecule has 0 bridgehead atoms. The third kappa shape index (κ3) is 4.46. The first-order valence-electron chi connectivity index (χ1n) is 7.52. The summed E-state index contributed by atoms with van der Waals surface area (Å²) in [4.78, 5) is 13.4. The second-order valence-electron chi connectivity index (χ2n) is 5.29. The van der Waals surface area contributed by atoms with Gasteiger partial charge in [-0.1, -0.05) is 19.1 Å². The smallest absolute Gasteiger partial charge is 0.249 e. The Morgan fingerprint density at radius 3 is 2.71 bits per heavy atom. The van der Waals surface area contributed by atoms with Gasteiger partial charge in [-0.05, 0) is 43.2 Å². The van der Waals surface area contributed by atoms with E-state index in [1.807, 2.05) is 18.7 Å². The van der Waals surface area contributed by atoms with Crippen molar-refractivity contribution in [3.05, 3.63) is 29.8 Å². The van der Waals surface area contributed by atoms with Gasteiger partial charge in [-0.3, -0.25) is 4.79 Å². The molecule has 1 aliphatic heterocycles. The van der Waals surface area contributed by atoms with Gasteiger partial charge in [-0.2, -0.15) is 0 Å². The van der Waals surface area contributed by atoms with Crippen molar-refractivity contribution in [1.82, 2.24) is 5.32 Å². The van der Waals surface area contributed by atoms with Gasteiger partial charge in [-0.25, -0.2) is 0 Å². The maximum Gasteiger partial charge on any atom is 0.249 e. The Hall–Kier alpha value is -1.04. The van der Waals surface area contributed by atoms with Crippen LogP contribution in [-0.4, -0.2) is 30.4 Å². The number of ether oxygens (including phenoxy) is 1. The van der Waals surface area contributed by atoms with Crippen molar-refractivity contribution >= 4 is 17.7 Å². The maximum absolute atomic E-state index is 12.2. The Balaban J connectivity index is 1.88. The van der Waals surface area contributed by atoms with Crippen LogP contribution >= 0.6 is 11.8 Å². The van der Waals surface area contributed by atoms with Gasteiger partial charge in [0.1, 0.15) is 6.10 Å². The highest BCUT2D eigenvalue weighted by molar-refractivity contribution is 7.99. The molecule has 3 atom stereocenters. The predicted molar refractivity (Wildman–Crippen MR) is 86.3 cm³/mol. The summed E-state index contributed by atoms with van der Waals surface area (Å²) in [5.74, 6) is 1.03. The highest BCUT2D eigenvalue weighted by atomic mass is 32.2. The van der Waals surface area contributed by atoms with Gasteiger partial charge >= 0.3 is 0 Å². The normalized spacial score (nSPS) is 23.0. The largest absolute Gasteiger partial charge is 0.364 e. The van der Waals surface area contributed by atoms with E-state index >= 15 is 0 Å². The quantitative estimate of drug-likeness (QED) is 0.793. The van der Waals surface area contributed by atoms with E-state index in [0.717, 1.165) is 24.2 Å². The summed E-state index contributed by atoms with van der Waals surface area (Å²) in [7, 11) is 0. The molecule has 3 N–H and O–H groups in total. The molecule has 0 aliphatic carbocycles. The second-order valence-corrected chi connectivity index (χ2v) is 6.63. The Bertz CT molecular complexity index is 464. The SMILES string of the molecule is CCSc1ccc(C(C)NC(=O)[C@@H]2CC[C@H](CN)O2)cc1. The number of hydrogen-bond acceptors (Lipinski definition) is 4. The molecule has 4 nitrogen and oxygen atoms in total. The van der Waals surface area contributed by atoms with Crippen molar-refractivity contribution in [1.29, 1.82) is 0 Å². The van der Waals surface area contributed by atoms with Crippen LogP contribution in [0.4, 0.5) is 0 Å². The minimum atomic E-state index is -0.351. The monoisotopic (exact) mass is 308 g/mol. The summed E-state index contributed by atoms with van der Waals surface area (Å²) in [5.41, 5.74) is 6.68. The average Bonchev–Trinajstić information content (AvgIpc) is 2.97. The number of rotatable bonds is 6. The Morgan fingerprint density at radius 1 is 1.43 bits per heavy atom. The van der Waals surface area contributed by atoms with Crippen LogP contribution in [0.15, 0.2) is 29.2 Å². The molecule has 2 rings (SSSR count). The zero-order valence-electron chi connectivity index (χ0n) is 12.7. The van der Waals surface area contributed by atoms with Gasteiger partial charge in [0.05, 0.1) is 12.1 Å². The lowest BCUT2D eigenvalue weighted by molar-refractivity contribution is -0.132. The van der Waals surface area contributed by atoms with Crippen LogP contribution in [0.2, 0.25) is 0 Å². The summed E-state index contributed by atoms with van der Waals surface area (Å²) in [6.07, 6.45) is 1.30. The average molecular weight is 308 g/mol. The minimum absolute atomic E-state index is 0.0151. The molecule has 0 spiro atoms. The van der Waals surface area contributed by atoms with Gasteiger partial charge < -0.3 is 15.8 Å². The number of amides is 1. The number of carbonyl (C=O) groups excluding carboxylic acids is 1. The molecular formula is C16H24N2O2S. The fourth-order valence-electron chi connectivity index (χ4n) is 2.48. The van der Waals surface area contributed by atoms with Crippen molar-refractivity contribution in [2.24, 2.45) is 5.73 Å². The number of benzene rings is 1. The van der Waals surface area contributed by atoms with E-state index in [9.17, 15) is 4.79 Å². The van der Waals surface area contributed by atoms with Crippen molar-refractivity contribution in [2.75, 3.05) is 12.3 Å². The highest BCUT2D eigenvalue weighted by Crippen LogP contribution is 2.22. The molecule has 1 unspecified atom stereocenters. The standard InChI is InChI=1S/C16H24N2O2S/c1-3-21-14-7-4-12(5-8-14)11(2)18-16(19)15-9-6-13(10-17)20-15/h4-5,7-8,11,13,15H,3,6,9-10,17H2,1-2H3,(H,18,19)/t11?,13-,15+/m1/s1. The number of carbonyl (C=O) groups is 1. The third-order valence-corrected chi connectivity index (χ3v) is 4.61. The fraction of sp³-hybridized carbons (Fsp3) is 0.562. The number of nitrogens with one attached hydrogen (secondary N) is 1. The van der Waals surface area contributed by atoms with Crippen molar-refractivity contribution < 1.29 is 9.53 Å². The van der Waals surface area contributed by atoms with Gasteiger partial charge in [0.15, 0.2) is 0 Å². The van der Waals surface area contributed by atoms with Gasteiger partial charge in [0, 0.05) is 11.4 Å². The molecule has 1 aliphatic rings. The number of hydrogen-bond donors (Lipinski definition) is 2. The van der Waals surface area contributed by atoms with E-state index < -0.39 is 0 Å². The van der Waals surface area contributed by atoms with Crippen LogP contribution in [0, 0.1) is 0 Å². The van der Waals surface area contributed by atoms with Crippen LogP contribution in [0.5, 0.6) is 0 Å². The first-order chi connectivity index (χ1) is 10.1. The van der Waals surface area contributed by atoms with Crippen LogP contribution in [0.3, 0.4) is 0 Å². The Morgan fingerprint density at radius 2 is 2.14 bits per heavy atom. The van der Waals surface area contributed by atoms with Gasteiger partial charge in [0.2, 0.25) is 5.91 Å². The van der Waals surface area contributed by atoms with E-state index in [2.05, 4.69) is 36.5 Å². The van der Waals surface area contributed by atoms with Crippen LogP contribution in [-0.2, 0) is 9.53 Å². The number of thioether (sulfide) groups is 1. The van der Waals surface area contributed by atoms with Crippen molar-refractivity contribution in [3.63, 3.8) is 0 Å². The van der Waals surface area contributed by atoms with E-state index in [-0.39, 0.29) is 24.2 Å². The summed E-state index contributed by atoms with van der Waals surface area (Å²) in [5, 5.41) is 3.02. The lowest BCUT2D eigenvalue weighted by Crippen LogP contribution is -2.36. The highest BCUT2D eigenvalue weighted by Gasteiger charge is 2.30. The van der Waals surface area contributed by atoms with E-state index in [4.69, 9.17) is 10.5 Å². The Kier molecular flexibility index (Phi) is 6.08. The van der Waals surface area contributed by atoms with Crippen LogP contribution < -0.4 is 11.1 Å². The summed E-state index contributed by atoms with van der Waals surface area (Å²) < 4.78 is 5.62. The zero-order chi connectivity index (χ0) is 15.2. The molecule has 5 heteroatoms. The molecule has 1 saturated heterocycles. The van der Waals surface area contributed by atoms with Crippen LogP contribution in [0.25, 0.3) is 0 Å². The molecule has 116 valence electrons. The van der Waals surface area contributed by atoms with Crippen molar-refractivity contribution in [3.8, 4) is 0 Å². The lowest BCUT2D eigenvalue weighted by atomic mass is 10.1. The maximum atomic E-state index is 12.2. The Labute approximate surface area is 130 Å². The summed E-state index contributed by atoms with van der Waals surface area (Å²) in [6, 6.07) is 8.33. The van der Waals surface area contributed by atoms with Gasteiger partial charge in [-0.15, -0.1) is 11.8 Å². The minimum Gasteiger partial charge on any atom is -0.364 e. The molecule has 1 aromatic carbocycles. The van der Waals surface area contributed by atoms with Gasteiger partial charge in [0.25, 0.3) is 0 Å². The zero-order valence-corrected chi connectivity index (χ0v) is 13.5. The molecule has 0 radical (unpaired) electrons. The topological polar surface area (TPSA) is 64.4 Å². The fourth-order valence-corrected chi connectivity index (χ4v) is 3.14. The molecule has 0 aromatic heterocycles. The first kappa shape index (κ1) is 16.3. The van der Waals surface area contributed by atoms with E-state index in [0.29, 0.717) is 6.54 Å². The molecule has 1 aromatic rings. The predicted octanol–water partition coefficient (Wildman–Crippen LogP) is 2.48. The van der Waals surface area contributed by atoms with Crippen LogP contribution in [0.1, 0.15) is 38.3 Å². The second kappa shape index (κ2) is 7.82. The third-order valence-electron chi connectivity index (χ3n) is 3.71. The molecule has 1 heterocycles. The van der Waals surface area contributed by atoms with E-state index in [1.54, 1.807) is 0 Å². The molecule has 1 fully saturated rings. The molecule has 21 heavy (non-hydrogen) atoms. The first-order valence-corrected chi connectivity index (χ1v) is 8.51. The lowest BCUT2D eigenvalue weighted by Gasteiger charge is -2.18. The molecular weight excluding hydrogens is 284 g/mol. The van der Waals surface area contributed by atoms with Crippen molar-refractivity contribution in [2.45, 2.75) is 49.8 Å². The van der Waals surface area contributed by atoms with E-state index in [1.165, 1.54) is 4.90 Å². The molecule has 0 saturated carbocycles.